The van der Waals surface area contributed by atoms with Crippen LogP contribution < -0.4 is 10.3 Å². The fourth-order valence-corrected chi connectivity index (χ4v) is 6.16. The molecule has 6 rings (SSSR count). The second-order valence-electron chi connectivity index (χ2n) is 12.0. The topological polar surface area (TPSA) is 78.6 Å². The van der Waals surface area contributed by atoms with Crippen molar-refractivity contribution in [1.29, 1.82) is 0 Å². The summed E-state index contributed by atoms with van der Waals surface area (Å²) in [6.45, 7) is 8.03. The number of piperidine rings is 1. The number of ether oxygens (including phenoxy) is 2. The Morgan fingerprint density at radius 2 is 1.93 bits per heavy atom. The van der Waals surface area contributed by atoms with Crippen LogP contribution in [0.3, 0.4) is 0 Å². The van der Waals surface area contributed by atoms with Gasteiger partial charge in [0.1, 0.15) is 18.0 Å². The van der Waals surface area contributed by atoms with Gasteiger partial charge < -0.3 is 14.0 Å². The lowest BCUT2D eigenvalue weighted by Gasteiger charge is -2.46. The number of fused-ring (bicyclic) bond motifs is 6. The predicted molar refractivity (Wildman–Crippen MR) is 154 cm³/mol. The number of pyridine rings is 2. The van der Waals surface area contributed by atoms with Crippen molar-refractivity contribution in [2.75, 3.05) is 0 Å². The van der Waals surface area contributed by atoms with Gasteiger partial charge in [-0.1, -0.05) is 12.1 Å². The highest BCUT2D eigenvalue weighted by Gasteiger charge is 2.44. The highest BCUT2D eigenvalue weighted by Crippen LogP contribution is 2.46. The molecule has 4 aromatic rings. The van der Waals surface area contributed by atoms with E-state index in [2.05, 4.69) is 28.7 Å². The van der Waals surface area contributed by atoms with Gasteiger partial charge in [0, 0.05) is 54.6 Å². The first-order valence-electron chi connectivity index (χ1n) is 14.0. The van der Waals surface area contributed by atoms with Gasteiger partial charge in [-0.15, -0.1) is 0 Å². The number of amides is 1. The number of hydrogen-bond donors (Lipinski definition) is 0. The van der Waals surface area contributed by atoms with Crippen LogP contribution in [0, 0.1) is 6.92 Å². The van der Waals surface area contributed by atoms with Crippen molar-refractivity contribution in [3.8, 4) is 11.4 Å². The third-order valence-electron chi connectivity index (χ3n) is 7.99. The molecule has 3 aromatic heterocycles. The van der Waals surface area contributed by atoms with E-state index < -0.39 is 5.60 Å². The minimum atomic E-state index is -0.537. The van der Waals surface area contributed by atoms with Gasteiger partial charge in [-0.05, 0) is 76.8 Å². The number of hydrogen-bond acceptors (Lipinski definition) is 5. The van der Waals surface area contributed by atoms with Crippen LogP contribution >= 0.6 is 0 Å². The van der Waals surface area contributed by atoms with E-state index in [0.29, 0.717) is 12.4 Å². The summed E-state index contributed by atoms with van der Waals surface area (Å²) in [6.07, 6.45) is 7.11. The Kier molecular flexibility index (Phi) is 6.44. The summed E-state index contributed by atoms with van der Waals surface area (Å²) in [5, 5.41) is 1.12. The first kappa shape index (κ1) is 26.2. The molecule has 1 aromatic carbocycles. The molecule has 8 nitrogen and oxygen atoms in total. The van der Waals surface area contributed by atoms with E-state index in [1.54, 1.807) is 23.0 Å². The second kappa shape index (κ2) is 9.84. The Bertz CT molecular complexity index is 1640. The minimum absolute atomic E-state index is 0.00549. The molecule has 40 heavy (non-hydrogen) atoms. The van der Waals surface area contributed by atoms with Crippen LogP contribution in [0.5, 0.6) is 5.75 Å². The molecule has 0 N–H and O–H groups in total. The normalized spacial score (nSPS) is 18.5. The van der Waals surface area contributed by atoms with Gasteiger partial charge in [-0.25, -0.2) is 4.79 Å². The van der Waals surface area contributed by atoms with Crippen molar-refractivity contribution in [2.24, 2.45) is 7.05 Å². The number of benzene rings is 1. The maximum atomic E-state index is 13.3. The lowest BCUT2D eigenvalue weighted by molar-refractivity contribution is -0.00973. The summed E-state index contributed by atoms with van der Waals surface area (Å²) in [6, 6.07) is 13.5. The molecule has 0 saturated carbocycles. The standard InChI is InChI=1S/C32H36N4O4/c1-20-9-10-21(33-18-20)19-39-24-13-14-35(29(37)17-24)22-11-12-25-27(15-22)34(5)28-16-23-7-6-8-26(30(25)28)36(23)31(38)40-32(2,3)4/h9-15,17-18,23,26H,6-8,16,19H2,1-5H3. The molecule has 0 spiro atoms. The van der Waals surface area contributed by atoms with Crippen molar-refractivity contribution in [1.82, 2.24) is 19.0 Å². The van der Waals surface area contributed by atoms with E-state index in [9.17, 15) is 9.59 Å². The number of carbonyl (C=O) groups is 1. The molecule has 2 unspecified atom stereocenters. The SMILES string of the molecule is Cc1ccc(COc2ccn(-c3ccc4c5c(n(C)c4c3)CC3CCCC5N3C(=O)OC(C)(C)C)c(=O)c2)nc1. The van der Waals surface area contributed by atoms with Crippen LogP contribution in [-0.2, 0) is 24.8 Å². The molecule has 2 aliphatic rings. The average Bonchev–Trinajstić information content (AvgIpc) is 3.17. The molecule has 1 saturated heterocycles. The van der Waals surface area contributed by atoms with E-state index in [4.69, 9.17) is 9.47 Å². The third-order valence-corrected chi connectivity index (χ3v) is 7.99. The fraction of sp³-hybridized carbons (Fsp3) is 0.406. The Hall–Kier alpha value is -4.07. The first-order valence-corrected chi connectivity index (χ1v) is 14.0. The summed E-state index contributed by atoms with van der Waals surface area (Å²) < 4.78 is 15.5. The van der Waals surface area contributed by atoms with Crippen LogP contribution in [0.2, 0.25) is 0 Å². The largest absolute Gasteiger partial charge is 0.487 e. The smallest absolute Gasteiger partial charge is 0.411 e. The Morgan fingerprint density at radius 3 is 2.65 bits per heavy atom. The van der Waals surface area contributed by atoms with Gasteiger partial charge in [0.25, 0.3) is 5.56 Å². The molecule has 2 atom stereocenters. The van der Waals surface area contributed by atoms with Crippen molar-refractivity contribution >= 4 is 17.0 Å². The summed E-state index contributed by atoms with van der Waals surface area (Å²) in [5.41, 5.74) is 5.51. The number of carbonyl (C=O) groups excluding carboxylic acids is 1. The Labute approximate surface area is 234 Å². The molecule has 0 radical (unpaired) electrons. The average molecular weight is 541 g/mol. The van der Waals surface area contributed by atoms with Crippen LogP contribution in [0.25, 0.3) is 16.6 Å². The lowest BCUT2D eigenvalue weighted by Crippen LogP contribution is -2.51. The Morgan fingerprint density at radius 1 is 1.10 bits per heavy atom. The number of rotatable bonds is 4. The third kappa shape index (κ3) is 4.76. The lowest BCUT2D eigenvalue weighted by atomic mass is 9.82. The minimum Gasteiger partial charge on any atom is -0.487 e. The molecule has 8 heteroatoms. The molecule has 208 valence electrons. The zero-order valence-electron chi connectivity index (χ0n) is 23.8. The summed E-state index contributed by atoms with van der Waals surface area (Å²) in [5.74, 6) is 0.508. The van der Waals surface area contributed by atoms with E-state index in [-0.39, 0.29) is 23.7 Å². The zero-order chi connectivity index (χ0) is 28.2. The second-order valence-corrected chi connectivity index (χ2v) is 12.0. The van der Waals surface area contributed by atoms with Gasteiger partial charge in [-0.2, -0.15) is 0 Å². The molecule has 0 aliphatic carbocycles. The number of nitrogens with zero attached hydrogens (tertiary/aromatic N) is 4. The Balaban J connectivity index is 1.30. The monoisotopic (exact) mass is 540 g/mol. The number of aromatic nitrogens is 3. The maximum absolute atomic E-state index is 13.3. The van der Waals surface area contributed by atoms with Crippen molar-refractivity contribution in [3.63, 3.8) is 0 Å². The first-order chi connectivity index (χ1) is 19.1. The quantitative estimate of drug-likeness (QED) is 0.317. The van der Waals surface area contributed by atoms with E-state index in [1.807, 2.05) is 50.8 Å². The van der Waals surface area contributed by atoms with E-state index in [0.717, 1.165) is 53.5 Å². The molecule has 1 fully saturated rings. The van der Waals surface area contributed by atoms with Gasteiger partial charge in [0.2, 0.25) is 0 Å². The van der Waals surface area contributed by atoms with Crippen LogP contribution in [0.15, 0.2) is 59.7 Å². The van der Waals surface area contributed by atoms with E-state index >= 15 is 0 Å². The summed E-state index contributed by atoms with van der Waals surface area (Å²) >= 11 is 0. The summed E-state index contributed by atoms with van der Waals surface area (Å²) in [7, 11) is 2.09. The molecule has 2 bridgehead atoms. The molecular formula is C32H36N4O4. The highest BCUT2D eigenvalue weighted by molar-refractivity contribution is 5.89. The predicted octanol–water partition coefficient (Wildman–Crippen LogP) is 6.00. The van der Waals surface area contributed by atoms with Crippen LogP contribution in [-0.4, -0.2) is 36.8 Å². The zero-order valence-corrected chi connectivity index (χ0v) is 23.8. The molecule has 2 aliphatic heterocycles. The van der Waals surface area contributed by atoms with Gasteiger partial charge in [0.15, 0.2) is 0 Å². The maximum Gasteiger partial charge on any atom is 0.411 e. The fourth-order valence-electron chi connectivity index (χ4n) is 6.16. The van der Waals surface area contributed by atoms with Crippen molar-refractivity contribution in [3.05, 3.63) is 87.7 Å². The number of aryl methyl sites for hydroxylation is 2. The summed E-state index contributed by atoms with van der Waals surface area (Å²) in [4.78, 5) is 32.7. The molecule has 1 amide bonds. The molecule has 5 heterocycles. The van der Waals surface area contributed by atoms with Crippen LogP contribution in [0.4, 0.5) is 4.79 Å². The van der Waals surface area contributed by atoms with E-state index in [1.165, 1.54) is 17.3 Å². The van der Waals surface area contributed by atoms with Gasteiger partial charge >= 0.3 is 6.09 Å². The van der Waals surface area contributed by atoms with Crippen LogP contribution in [0.1, 0.15) is 68.6 Å². The van der Waals surface area contributed by atoms with Gasteiger partial charge in [0.05, 0.1) is 22.9 Å². The van der Waals surface area contributed by atoms with Crippen molar-refractivity contribution in [2.45, 2.75) is 77.7 Å². The van der Waals surface area contributed by atoms with Crippen molar-refractivity contribution < 1.29 is 14.3 Å². The van der Waals surface area contributed by atoms with Gasteiger partial charge in [-0.3, -0.25) is 19.2 Å². The molecular weight excluding hydrogens is 504 g/mol. The highest BCUT2D eigenvalue weighted by atomic mass is 16.6.